The molecule has 0 saturated carbocycles. The Bertz CT molecular complexity index is 1040. The van der Waals surface area contributed by atoms with Crippen LogP contribution in [0.15, 0.2) is 29.1 Å². The van der Waals surface area contributed by atoms with Crippen LogP contribution in [0.25, 0.3) is 11.0 Å². The molecule has 0 unspecified atom stereocenters. The number of aliphatic hydroxyl groups is 1. The second kappa shape index (κ2) is 7.09. The number of H-pyrrole nitrogens is 1. The van der Waals surface area contributed by atoms with Gasteiger partial charge in [-0.25, -0.2) is 4.98 Å². The van der Waals surface area contributed by atoms with Crippen LogP contribution in [0.5, 0.6) is 0 Å². The van der Waals surface area contributed by atoms with Crippen molar-refractivity contribution in [1.29, 1.82) is 0 Å². The third kappa shape index (κ3) is 3.56. The number of carbonyl (C=O) groups excluding carboxylic acids is 1. The Balaban J connectivity index is 1.52. The standard InChI is InChI=1S/C18H19N5O3S/c1-10-19-14-15(17(25)20-10)22-27-16(14)18(26)21-11-4-6-12(7-5-11)23-8-2-3-13(24)9-23/h4-7,13,24H,2-3,8-9H2,1H3,(H,21,26)(H,19,20,25)/t13-/m1/s1. The van der Waals surface area contributed by atoms with E-state index in [1.54, 1.807) is 6.92 Å². The number of hydrogen-bond acceptors (Lipinski definition) is 7. The quantitative estimate of drug-likeness (QED) is 0.635. The molecule has 3 heterocycles. The number of nitrogens with one attached hydrogen (secondary N) is 2. The zero-order chi connectivity index (χ0) is 19.0. The van der Waals surface area contributed by atoms with E-state index in [2.05, 4.69) is 24.6 Å². The Hall–Kier alpha value is -2.78. The zero-order valence-electron chi connectivity index (χ0n) is 14.7. The average molecular weight is 385 g/mol. The number of aromatic amines is 1. The molecule has 1 aromatic carbocycles. The second-order valence-corrected chi connectivity index (χ2v) is 7.38. The molecule has 4 rings (SSSR count). The van der Waals surface area contributed by atoms with Gasteiger partial charge in [-0.2, -0.15) is 4.37 Å². The summed E-state index contributed by atoms with van der Waals surface area (Å²) in [5.41, 5.74) is 1.80. The Morgan fingerprint density at radius 3 is 2.85 bits per heavy atom. The minimum atomic E-state index is -0.346. The van der Waals surface area contributed by atoms with Crippen molar-refractivity contribution in [3.05, 3.63) is 45.3 Å². The molecule has 1 saturated heterocycles. The number of amides is 1. The molecule has 140 valence electrons. The Labute approximate surface area is 159 Å². The average Bonchev–Trinajstić information content (AvgIpc) is 3.06. The summed E-state index contributed by atoms with van der Waals surface area (Å²) in [4.78, 5) is 33.8. The van der Waals surface area contributed by atoms with E-state index in [0.717, 1.165) is 36.6 Å². The van der Waals surface area contributed by atoms with Gasteiger partial charge in [0.05, 0.1) is 6.10 Å². The van der Waals surface area contributed by atoms with Gasteiger partial charge in [-0.05, 0) is 55.6 Å². The maximum atomic E-state index is 12.6. The number of anilines is 2. The predicted molar refractivity (Wildman–Crippen MR) is 105 cm³/mol. The largest absolute Gasteiger partial charge is 0.391 e. The molecule has 0 bridgehead atoms. The molecule has 1 amide bonds. The highest BCUT2D eigenvalue weighted by Crippen LogP contribution is 2.23. The molecule has 0 aliphatic carbocycles. The maximum Gasteiger partial charge on any atom is 0.278 e. The summed E-state index contributed by atoms with van der Waals surface area (Å²) in [6, 6.07) is 7.49. The van der Waals surface area contributed by atoms with Crippen LogP contribution in [0, 0.1) is 6.92 Å². The molecule has 1 aliphatic heterocycles. The first kappa shape index (κ1) is 17.6. The molecule has 27 heavy (non-hydrogen) atoms. The summed E-state index contributed by atoms with van der Waals surface area (Å²) >= 11 is 0.959. The van der Waals surface area contributed by atoms with Gasteiger partial charge in [0.1, 0.15) is 16.2 Å². The molecule has 1 aliphatic rings. The summed E-state index contributed by atoms with van der Waals surface area (Å²) in [5.74, 6) is 0.0935. The third-order valence-electron chi connectivity index (χ3n) is 4.55. The van der Waals surface area contributed by atoms with Crippen LogP contribution < -0.4 is 15.8 Å². The van der Waals surface area contributed by atoms with E-state index in [-0.39, 0.29) is 23.1 Å². The number of piperidine rings is 1. The normalized spacial score (nSPS) is 17.3. The first-order chi connectivity index (χ1) is 13.0. The molecule has 1 fully saturated rings. The number of aliphatic hydroxyl groups excluding tert-OH is 1. The number of nitrogens with zero attached hydrogens (tertiary/aromatic N) is 3. The molecule has 1 atom stereocenters. The molecular formula is C18H19N5O3S. The fraction of sp³-hybridized carbons (Fsp3) is 0.333. The summed E-state index contributed by atoms with van der Waals surface area (Å²) in [6.45, 7) is 3.20. The van der Waals surface area contributed by atoms with Gasteiger partial charge in [-0.1, -0.05) is 0 Å². The minimum Gasteiger partial charge on any atom is -0.391 e. The SMILES string of the molecule is Cc1nc2c(C(=O)Nc3ccc(N4CCC[C@@H](O)C4)cc3)snc2c(=O)[nH]1. The van der Waals surface area contributed by atoms with E-state index >= 15 is 0 Å². The van der Waals surface area contributed by atoms with Gasteiger partial charge < -0.3 is 20.3 Å². The lowest BCUT2D eigenvalue weighted by Crippen LogP contribution is -2.38. The molecule has 2 aromatic heterocycles. The van der Waals surface area contributed by atoms with E-state index in [9.17, 15) is 14.7 Å². The van der Waals surface area contributed by atoms with E-state index < -0.39 is 0 Å². The lowest BCUT2D eigenvalue weighted by molar-refractivity contribution is 0.103. The van der Waals surface area contributed by atoms with Gasteiger partial charge in [-0.3, -0.25) is 9.59 Å². The number of carbonyl (C=O) groups is 1. The van der Waals surface area contributed by atoms with Crippen molar-refractivity contribution in [2.45, 2.75) is 25.9 Å². The first-order valence-corrected chi connectivity index (χ1v) is 9.49. The van der Waals surface area contributed by atoms with Crippen molar-refractivity contribution in [2.24, 2.45) is 0 Å². The molecular weight excluding hydrogens is 366 g/mol. The summed E-state index contributed by atoms with van der Waals surface area (Å²) in [6.07, 6.45) is 1.50. The van der Waals surface area contributed by atoms with Gasteiger partial charge in [0, 0.05) is 24.5 Å². The monoisotopic (exact) mass is 385 g/mol. The minimum absolute atomic E-state index is 0.176. The number of benzene rings is 1. The van der Waals surface area contributed by atoms with Crippen LogP contribution in [0.3, 0.4) is 0 Å². The number of aryl methyl sites for hydroxylation is 1. The van der Waals surface area contributed by atoms with Crippen molar-refractivity contribution in [3.63, 3.8) is 0 Å². The van der Waals surface area contributed by atoms with E-state index in [1.165, 1.54) is 0 Å². The van der Waals surface area contributed by atoms with Crippen molar-refractivity contribution in [1.82, 2.24) is 14.3 Å². The fourth-order valence-electron chi connectivity index (χ4n) is 3.24. The zero-order valence-corrected chi connectivity index (χ0v) is 15.5. The predicted octanol–water partition coefficient (Wildman–Crippen LogP) is 1.90. The number of hydrogen-bond donors (Lipinski definition) is 3. The molecule has 0 spiro atoms. The van der Waals surface area contributed by atoms with E-state index in [4.69, 9.17) is 0 Å². The van der Waals surface area contributed by atoms with Gasteiger partial charge >= 0.3 is 0 Å². The maximum absolute atomic E-state index is 12.6. The van der Waals surface area contributed by atoms with Crippen LogP contribution in [0.2, 0.25) is 0 Å². The van der Waals surface area contributed by atoms with Crippen molar-refractivity contribution in [2.75, 3.05) is 23.3 Å². The Kier molecular flexibility index (Phi) is 4.63. The molecule has 3 N–H and O–H groups in total. The number of rotatable bonds is 3. The van der Waals surface area contributed by atoms with Crippen LogP contribution in [-0.2, 0) is 0 Å². The summed E-state index contributed by atoms with van der Waals surface area (Å²) in [5, 5.41) is 12.6. The van der Waals surface area contributed by atoms with Gasteiger partial charge in [0.25, 0.3) is 11.5 Å². The summed E-state index contributed by atoms with van der Waals surface area (Å²) < 4.78 is 4.05. The van der Waals surface area contributed by atoms with E-state index in [0.29, 0.717) is 28.5 Å². The summed E-state index contributed by atoms with van der Waals surface area (Å²) in [7, 11) is 0. The second-order valence-electron chi connectivity index (χ2n) is 6.60. The highest BCUT2D eigenvalue weighted by molar-refractivity contribution is 7.09. The molecule has 8 nitrogen and oxygen atoms in total. The van der Waals surface area contributed by atoms with Gasteiger partial charge in [0.2, 0.25) is 0 Å². The lowest BCUT2D eigenvalue weighted by atomic mass is 10.1. The van der Waals surface area contributed by atoms with Gasteiger partial charge in [0.15, 0.2) is 5.52 Å². The van der Waals surface area contributed by atoms with Crippen LogP contribution in [-0.4, -0.2) is 44.5 Å². The smallest absolute Gasteiger partial charge is 0.278 e. The van der Waals surface area contributed by atoms with Gasteiger partial charge in [-0.15, -0.1) is 0 Å². The molecule has 0 radical (unpaired) electrons. The topological polar surface area (TPSA) is 111 Å². The van der Waals surface area contributed by atoms with Crippen molar-refractivity contribution in [3.8, 4) is 0 Å². The Morgan fingerprint density at radius 1 is 1.33 bits per heavy atom. The Morgan fingerprint density at radius 2 is 2.11 bits per heavy atom. The highest BCUT2D eigenvalue weighted by Gasteiger charge is 2.20. The van der Waals surface area contributed by atoms with Crippen molar-refractivity contribution < 1.29 is 9.90 Å². The van der Waals surface area contributed by atoms with E-state index in [1.807, 2.05) is 24.3 Å². The highest BCUT2D eigenvalue weighted by atomic mass is 32.1. The molecule has 9 heteroatoms. The van der Waals surface area contributed by atoms with Crippen LogP contribution in [0.4, 0.5) is 11.4 Å². The van der Waals surface area contributed by atoms with Crippen molar-refractivity contribution >= 4 is 39.8 Å². The fourth-order valence-corrected chi connectivity index (χ4v) is 3.95. The van der Waals surface area contributed by atoms with Crippen LogP contribution >= 0.6 is 11.5 Å². The number of aromatic nitrogens is 3. The first-order valence-electron chi connectivity index (χ1n) is 8.72. The third-order valence-corrected chi connectivity index (χ3v) is 5.38. The number of fused-ring (bicyclic) bond motifs is 1. The lowest BCUT2D eigenvalue weighted by Gasteiger charge is -2.32. The number of β-amino-alcohol motifs (C(OH)–C–C–N with tert-alkyl or cyclic N) is 1. The molecule has 3 aromatic rings. The van der Waals surface area contributed by atoms with Crippen LogP contribution in [0.1, 0.15) is 28.3 Å².